The highest BCUT2D eigenvalue weighted by molar-refractivity contribution is 6.01. The molecule has 0 saturated carbocycles. The van der Waals surface area contributed by atoms with Crippen molar-refractivity contribution in [1.82, 2.24) is 35.8 Å². The van der Waals surface area contributed by atoms with Crippen molar-refractivity contribution in [2.75, 3.05) is 32.8 Å². The van der Waals surface area contributed by atoms with Crippen molar-refractivity contribution in [3.8, 4) is 11.5 Å². The van der Waals surface area contributed by atoms with Gasteiger partial charge in [0.1, 0.15) is 36.2 Å². The highest BCUT2D eigenvalue weighted by Gasteiger charge is 2.46. The molecular formula is C38H43N7O8. The number of benzene rings is 2. The topological polar surface area (TPSA) is 193 Å². The molecule has 53 heavy (non-hydrogen) atoms. The third-order valence-electron chi connectivity index (χ3n) is 9.45. The van der Waals surface area contributed by atoms with Crippen molar-refractivity contribution in [2.24, 2.45) is 0 Å². The Labute approximate surface area is 306 Å². The zero-order valence-electron chi connectivity index (χ0n) is 29.5. The molecule has 15 nitrogen and oxygen atoms in total. The highest BCUT2D eigenvalue weighted by Crippen LogP contribution is 2.32. The quantitative estimate of drug-likeness (QED) is 0.190. The van der Waals surface area contributed by atoms with Gasteiger partial charge in [-0.15, -0.1) is 0 Å². The number of aromatic nitrogens is 2. The lowest BCUT2D eigenvalue weighted by Crippen LogP contribution is -2.62. The van der Waals surface area contributed by atoms with Crippen LogP contribution >= 0.6 is 0 Å². The van der Waals surface area contributed by atoms with Gasteiger partial charge in [0.25, 0.3) is 11.8 Å². The zero-order chi connectivity index (χ0) is 37.5. The van der Waals surface area contributed by atoms with Crippen molar-refractivity contribution < 1.29 is 38.6 Å². The maximum atomic E-state index is 14.5. The average molecular weight is 726 g/mol. The van der Waals surface area contributed by atoms with Gasteiger partial charge >= 0.3 is 0 Å². The van der Waals surface area contributed by atoms with E-state index in [2.05, 4.69) is 26.4 Å². The Morgan fingerprint density at radius 1 is 0.887 bits per heavy atom. The van der Waals surface area contributed by atoms with Crippen LogP contribution in [0.1, 0.15) is 41.3 Å². The molecule has 1 saturated heterocycles. The Kier molecular flexibility index (Phi) is 11.2. The third kappa shape index (κ3) is 8.58. The molecule has 7 rings (SSSR count). The summed E-state index contributed by atoms with van der Waals surface area (Å²) in [6.07, 6.45) is 3.63. The number of carbonyl (C=O) groups excluding carboxylic acids is 5. The number of piperidine rings is 1. The summed E-state index contributed by atoms with van der Waals surface area (Å²) >= 11 is 0. The summed E-state index contributed by atoms with van der Waals surface area (Å²) in [6.45, 7) is 3.27. The molecule has 15 heteroatoms. The molecular weight excluding hydrogens is 682 g/mol. The minimum atomic E-state index is -1.50. The Balaban J connectivity index is 1.29. The number of ether oxygens (including phenoxy) is 2. The SMILES string of the molecule is Cc1ccc2c(C(=O)N3CCC4(CC3)Oc3ccc(cc3)OCCNC(=O)[C@H](C)NC(=O)[C@H](CO)NC(=O)[C@@H](Cc3ccccc3)NC4=O)cnn2c1. The van der Waals surface area contributed by atoms with Crippen molar-refractivity contribution in [1.29, 1.82) is 0 Å². The molecule has 5 amide bonds. The molecule has 3 aliphatic rings. The first kappa shape index (κ1) is 36.8. The van der Waals surface area contributed by atoms with Crippen LogP contribution in [0.2, 0.25) is 0 Å². The summed E-state index contributed by atoms with van der Waals surface area (Å²) < 4.78 is 13.9. The molecule has 0 aliphatic carbocycles. The Bertz CT molecular complexity index is 1960. The number of aliphatic hydroxyl groups excluding tert-OH is 1. The van der Waals surface area contributed by atoms with Crippen molar-refractivity contribution in [3.05, 3.63) is 95.8 Å². The number of aliphatic hydroxyl groups is 1. The molecule has 1 spiro atoms. The van der Waals surface area contributed by atoms with E-state index in [1.165, 1.54) is 13.1 Å². The summed E-state index contributed by atoms with van der Waals surface area (Å²) in [7, 11) is 0. The molecule has 2 aromatic carbocycles. The fourth-order valence-corrected chi connectivity index (χ4v) is 6.39. The first-order valence-corrected chi connectivity index (χ1v) is 17.5. The van der Waals surface area contributed by atoms with Gasteiger partial charge in [0.05, 0.1) is 30.4 Å². The Morgan fingerprint density at radius 2 is 1.58 bits per heavy atom. The monoisotopic (exact) mass is 725 g/mol. The maximum absolute atomic E-state index is 14.5. The fourth-order valence-electron chi connectivity index (χ4n) is 6.39. The van der Waals surface area contributed by atoms with Gasteiger partial charge in [-0.2, -0.15) is 5.10 Å². The summed E-state index contributed by atoms with van der Waals surface area (Å²) in [5.74, 6) is -1.95. The number of rotatable bonds is 4. The fraction of sp³-hybridized carbons (Fsp3) is 0.368. The van der Waals surface area contributed by atoms with Gasteiger partial charge in [-0.25, -0.2) is 4.52 Å². The van der Waals surface area contributed by atoms with Crippen LogP contribution in [0.3, 0.4) is 0 Å². The number of pyridine rings is 1. The van der Waals surface area contributed by atoms with E-state index < -0.39 is 54.0 Å². The number of fused-ring (bicyclic) bond motifs is 16. The number of hydrogen-bond acceptors (Lipinski definition) is 9. The second-order valence-electron chi connectivity index (χ2n) is 13.3. The van der Waals surface area contributed by atoms with Crippen LogP contribution in [-0.2, 0) is 25.6 Å². The molecule has 5 heterocycles. The highest BCUT2D eigenvalue weighted by atomic mass is 16.5. The van der Waals surface area contributed by atoms with E-state index in [9.17, 15) is 29.1 Å². The lowest BCUT2D eigenvalue weighted by atomic mass is 9.88. The normalized spacial score (nSPS) is 21.5. The van der Waals surface area contributed by atoms with Gasteiger partial charge in [0.15, 0.2) is 5.60 Å². The largest absolute Gasteiger partial charge is 0.492 e. The van der Waals surface area contributed by atoms with Crippen molar-refractivity contribution in [2.45, 2.75) is 56.8 Å². The standard InChI is InChI=1S/C38H43N7O8/c1-24-8-13-32-29(21-40-45(32)22-24)36(50)44-17-14-38(15-18-44)37(51)43-30(20-26-6-4-3-5-7-26)34(48)42-31(23-46)35(49)41-25(2)33(47)39-16-19-52-27-9-11-28(53-38)12-10-27/h3-13,21-22,25,30-31,46H,14-20,23H2,1-2H3,(H,39,47)(H,41,49)(H,42,48)(H,43,51)/t25-,30+,31-/m0/s1. The van der Waals surface area contributed by atoms with E-state index in [0.29, 0.717) is 22.6 Å². The second-order valence-corrected chi connectivity index (χ2v) is 13.3. The number of nitrogens with one attached hydrogen (secondary N) is 4. The van der Waals surface area contributed by atoms with E-state index in [1.807, 2.05) is 31.3 Å². The number of nitrogens with zero attached hydrogens (tertiary/aromatic N) is 3. The number of hydrogen-bond donors (Lipinski definition) is 5. The Hall–Kier alpha value is -5.96. The molecule has 2 aromatic heterocycles. The van der Waals surface area contributed by atoms with Crippen LogP contribution < -0.4 is 30.7 Å². The predicted octanol–water partition coefficient (Wildman–Crippen LogP) is 0.914. The van der Waals surface area contributed by atoms with Crippen molar-refractivity contribution in [3.63, 3.8) is 0 Å². The summed E-state index contributed by atoms with van der Waals surface area (Å²) in [6, 6.07) is 15.9. The van der Waals surface area contributed by atoms with E-state index in [-0.39, 0.29) is 51.4 Å². The van der Waals surface area contributed by atoms with Crippen LogP contribution in [0, 0.1) is 6.92 Å². The molecule has 0 radical (unpaired) electrons. The van der Waals surface area contributed by atoms with Crippen LogP contribution in [0.15, 0.2) is 79.1 Å². The molecule has 0 unspecified atom stereocenters. The summed E-state index contributed by atoms with van der Waals surface area (Å²) in [5, 5.41) is 25.0. The maximum Gasteiger partial charge on any atom is 0.265 e. The van der Waals surface area contributed by atoms with Crippen LogP contribution in [0.5, 0.6) is 11.5 Å². The third-order valence-corrected chi connectivity index (χ3v) is 9.45. The van der Waals surface area contributed by atoms with E-state index in [1.54, 1.807) is 57.9 Å². The van der Waals surface area contributed by atoms with E-state index in [4.69, 9.17) is 9.47 Å². The molecule has 3 atom stereocenters. The van der Waals surface area contributed by atoms with Gasteiger partial charge in [-0.1, -0.05) is 36.4 Å². The molecule has 1 fully saturated rings. The Morgan fingerprint density at radius 3 is 2.30 bits per heavy atom. The van der Waals surface area contributed by atoms with Crippen molar-refractivity contribution >= 4 is 35.1 Å². The number of likely N-dealkylation sites (tertiary alicyclic amines) is 1. The molecule has 278 valence electrons. The molecule has 2 bridgehead atoms. The minimum Gasteiger partial charge on any atom is -0.492 e. The van der Waals surface area contributed by atoms with Gasteiger partial charge in [0.2, 0.25) is 17.7 Å². The molecule has 3 aliphatic heterocycles. The number of amides is 5. The summed E-state index contributed by atoms with van der Waals surface area (Å²) in [5.41, 5.74) is 1.33. The summed E-state index contributed by atoms with van der Waals surface area (Å²) in [4.78, 5) is 69.5. The van der Waals surface area contributed by atoms with Gasteiger partial charge in [-0.05, 0) is 55.3 Å². The first-order chi connectivity index (χ1) is 25.5. The number of carbonyl (C=O) groups is 5. The smallest absolute Gasteiger partial charge is 0.265 e. The number of aryl methyl sites for hydroxylation is 1. The van der Waals surface area contributed by atoms with E-state index >= 15 is 0 Å². The molecule has 4 aromatic rings. The first-order valence-electron chi connectivity index (χ1n) is 17.5. The minimum absolute atomic E-state index is 0.0535. The van der Waals surface area contributed by atoms with Gasteiger partial charge in [-0.3, -0.25) is 24.0 Å². The van der Waals surface area contributed by atoms with Crippen LogP contribution in [0.25, 0.3) is 5.52 Å². The van der Waals surface area contributed by atoms with E-state index in [0.717, 1.165) is 11.1 Å². The lowest BCUT2D eigenvalue weighted by Gasteiger charge is -2.41. The second kappa shape index (κ2) is 16.2. The zero-order valence-corrected chi connectivity index (χ0v) is 29.5. The van der Waals surface area contributed by atoms with Crippen LogP contribution in [0.4, 0.5) is 0 Å². The van der Waals surface area contributed by atoms with Crippen LogP contribution in [-0.4, -0.2) is 106 Å². The van der Waals surface area contributed by atoms with Gasteiger partial charge in [0, 0.05) is 38.5 Å². The average Bonchev–Trinajstić information content (AvgIpc) is 3.58. The van der Waals surface area contributed by atoms with Gasteiger partial charge < -0.3 is 40.7 Å². The lowest BCUT2D eigenvalue weighted by molar-refractivity contribution is -0.144. The predicted molar refractivity (Wildman–Crippen MR) is 192 cm³/mol. The molecule has 5 N–H and O–H groups in total.